The second kappa shape index (κ2) is 4.26. The Kier molecular flexibility index (Phi) is 2.74. The standard InChI is InChI=1S/C13H20N4/c1-9(2)12-3-13(16-8-15-12)17-6-10-4-14-5-11(10)7-17/h3,8-11,14H,4-7H2,1-2H3/t10-,11+. The van der Waals surface area contributed by atoms with E-state index in [0.29, 0.717) is 5.92 Å². The largest absolute Gasteiger partial charge is 0.356 e. The van der Waals surface area contributed by atoms with Crippen molar-refractivity contribution in [3.8, 4) is 0 Å². The van der Waals surface area contributed by atoms with Crippen LogP contribution in [-0.4, -0.2) is 36.1 Å². The topological polar surface area (TPSA) is 41.0 Å². The molecule has 2 saturated heterocycles. The summed E-state index contributed by atoms with van der Waals surface area (Å²) in [6.45, 7) is 8.98. The average molecular weight is 232 g/mol. The van der Waals surface area contributed by atoms with Crippen LogP contribution in [-0.2, 0) is 0 Å². The zero-order valence-corrected chi connectivity index (χ0v) is 10.6. The van der Waals surface area contributed by atoms with E-state index in [1.165, 1.54) is 13.1 Å². The Labute approximate surface area is 102 Å². The Bertz CT molecular complexity index is 392. The molecule has 2 atom stereocenters. The first-order valence-corrected chi connectivity index (χ1v) is 6.51. The second-order valence-electron chi connectivity index (χ2n) is 5.54. The molecule has 3 rings (SSSR count). The van der Waals surface area contributed by atoms with Crippen molar-refractivity contribution in [3.63, 3.8) is 0 Å². The lowest BCUT2D eigenvalue weighted by molar-refractivity contribution is 0.533. The smallest absolute Gasteiger partial charge is 0.132 e. The maximum Gasteiger partial charge on any atom is 0.132 e. The highest BCUT2D eigenvalue weighted by atomic mass is 15.2. The molecule has 0 bridgehead atoms. The molecule has 0 saturated carbocycles. The van der Waals surface area contributed by atoms with Gasteiger partial charge < -0.3 is 10.2 Å². The third-order valence-corrected chi connectivity index (χ3v) is 3.98. The first kappa shape index (κ1) is 11.0. The Morgan fingerprint density at radius 2 is 1.94 bits per heavy atom. The van der Waals surface area contributed by atoms with E-state index < -0.39 is 0 Å². The summed E-state index contributed by atoms with van der Waals surface area (Å²) in [6.07, 6.45) is 1.71. The quantitative estimate of drug-likeness (QED) is 0.833. The highest BCUT2D eigenvalue weighted by Gasteiger charge is 2.36. The van der Waals surface area contributed by atoms with E-state index in [2.05, 4.69) is 40.1 Å². The molecule has 1 N–H and O–H groups in total. The van der Waals surface area contributed by atoms with Crippen LogP contribution < -0.4 is 10.2 Å². The predicted molar refractivity (Wildman–Crippen MR) is 68.2 cm³/mol. The summed E-state index contributed by atoms with van der Waals surface area (Å²) < 4.78 is 0. The first-order valence-electron chi connectivity index (χ1n) is 6.51. The van der Waals surface area contributed by atoms with E-state index in [1.807, 2.05) is 0 Å². The number of hydrogen-bond donors (Lipinski definition) is 1. The minimum atomic E-state index is 0.473. The number of nitrogens with one attached hydrogen (secondary N) is 1. The van der Waals surface area contributed by atoms with E-state index in [-0.39, 0.29) is 0 Å². The van der Waals surface area contributed by atoms with Crippen LogP contribution in [0.1, 0.15) is 25.5 Å². The molecule has 2 aliphatic rings. The zero-order valence-electron chi connectivity index (χ0n) is 10.6. The number of hydrogen-bond acceptors (Lipinski definition) is 4. The number of rotatable bonds is 2. The fourth-order valence-corrected chi connectivity index (χ4v) is 2.89. The maximum atomic E-state index is 4.43. The van der Waals surface area contributed by atoms with Gasteiger partial charge in [-0.15, -0.1) is 0 Å². The Morgan fingerprint density at radius 3 is 2.59 bits per heavy atom. The van der Waals surface area contributed by atoms with Crippen molar-refractivity contribution >= 4 is 5.82 Å². The van der Waals surface area contributed by atoms with Crippen LogP contribution in [0.5, 0.6) is 0 Å². The summed E-state index contributed by atoms with van der Waals surface area (Å²) in [4.78, 5) is 11.2. The van der Waals surface area contributed by atoms with E-state index in [1.54, 1.807) is 6.33 Å². The summed E-state index contributed by atoms with van der Waals surface area (Å²) >= 11 is 0. The van der Waals surface area contributed by atoms with Crippen LogP contribution in [0.4, 0.5) is 5.82 Å². The molecule has 17 heavy (non-hydrogen) atoms. The van der Waals surface area contributed by atoms with Gasteiger partial charge in [-0.2, -0.15) is 0 Å². The Balaban J connectivity index is 1.78. The van der Waals surface area contributed by atoms with E-state index in [9.17, 15) is 0 Å². The molecule has 92 valence electrons. The molecule has 4 nitrogen and oxygen atoms in total. The van der Waals surface area contributed by atoms with E-state index in [4.69, 9.17) is 0 Å². The fraction of sp³-hybridized carbons (Fsp3) is 0.692. The van der Waals surface area contributed by atoms with Crippen LogP contribution >= 0.6 is 0 Å². The monoisotopic (exact) mass is 232 g/mol. The summed E-state index contributed by atoms with van der Waals surface area (Å²) in [7, 11) is 0. The lowest BCUT2D eigenvalue weighted by atomic mass is 10.0. The summed E-state index contributed by atoms with van der Waals surface area (Å²) in [6, 6.07) is 2.15. The van der Waals surface area contributed by atoms with Crippen molar-refractivity contribution in [3.05, 3.63) is 18.1 Å². The van der Waals surface area contributed by atoms with Gasteiger partial charge in [0.2, 0.25) is 0 Å². The van der Waals surface area contributed by atoms with Crippen molar-refractivity contribution in [1.29, 1.82) is 0 Å². The highest BCUT2D eigenvalue weighted by Crippen LogP contribution is 2.29. The van der Waals surface area contributed by atoms with Gasteiger partial charge in [-0.3, -0.25) is 0 Å². The molecule has 2 aliphatic heterocycles. The molecule has 0 radical (unpaired) electrons. The van der Waals surface area contributed by atoms with Gasteiger partial charge in [0.15, 0.2) is 0 Å². The Morgan fingerprint density at radius 1 is 1.24 bits per heavy atom. The van der Waals surface area contributed by atoms with Crippen LogP contribution in [0.15, 0.2) is 12.4 Å². The van der Waals surface area contributed by atoms with Gasteiger partial charge in [0, 0.05) is 37.9 Å². The molecule has 0 unspecified atom stereocenters. The fourth-order valence-electron chi connectivity index (χ4n) is 2.89. The van der Waals surface area contributed by atoms with Gasteiger partial charge in [0.1, 0.15) is 12.1 Å². The van der Waals surface area contributed by atoms with Gasteiger partial charge in [-0.25, -0.2) is 9.97 Å². The van der Waals surface area contributed by atoms with Gasteiger partial charge in [0.25, 0.3) is 0 Å². The number of nitrogens with zero attached hydrogens (tertiary/aromatic N) is 3. The molecule has 0 aromatic carbocycles. The molecule has 2 fully saturated rings. The van der Waals surface area contributed by atoms with Crippen LogP contribution in [0.3, 0.4) is 0 Å². The number of aromatic nitrogens is 2. The molecule has 0 aliphatic carbocycles. The molecule has 1 aromatic rings. The summed E-state index contributed by atoms with van der Waals surface area (Å²) in [5.74, 6) is 3.21. The number of fused-ring (bicyclic) bond motifs is 1. The summed E-state index contributed by atoms with van der Waals surface area (Å²) in [5.41, 5.74) is 1.14. The highest BCUT2D eigenvalue weighted by molar-refractivity contribution is 5.41. The van der Waals surface area contributed by atoms with E-state index in [0.717, 1.165) is 36.4 Å². The minimum absolute atomic E-state index is 0.473. The zero-order chi connectivity index (χ0) is 11.8. The lowest BCUT2D eigenvalue weighted by Crippen LogP contribution is -2.26. The molecule has 0 amide bonds. The first-order chi connectivity index (χ1) is 8.24. The van der Waals surface area contributed by atoms with Gasteiger partial charge >= 0.3 is 0 Å². The van der Waals surface area contributed by atoms with Crippen molar-refractivity contribution in [2.75, 3.05) is 31.1 Å². The van der Waals surface area contributed by atoms with Crippen molar-refractivity contribution in [2.24, 2.45) is 11.8 Å². The molecular formula is C13H20N4. The molecular weight excluding hydrogens is 212 g/mol. The van der Waals surface area contributed by atoms with Crippen molar-refractivity contribution in [1.82, 2.24) is 15.3 Å². The summed E-state index contributed by atoms with van der Waals surface area (Å²) in [5, 5.41) is 3.47. The third kappa shape index (κ3) is 2.02. The van der Waals surface area contributed by atoms with Crippen LogP contribution in [0.2, 0.25) is 0 Å². The van der Waals surface area contributed by atoms with Crippen LogP contribution in [0, 0.1) is 11.8 Å². The van der Waals surface area contributed by atoms with Crippen molar-refractivity contribution in [2.45, 2.75) is 19.8 Å². The average Bonchev–Trinajstić information content (AvgIpc) is 2.89. The molecule has 4 heteroatoms. The predicted octanol–water partition coefficient (Wildman–Crippen LogP) is 1.26. The molecule has 0 spiro atoms. The van der Waals surface area contributed by atoms with E-state index >= 15 is 0 Å². The minimum Gasteiger partial charge on any atom is -0.356 e. The van der Waals surface area contributed by atoms with Crippen LogP contribution in [0.25, 0.3) is 0 Å². The lowest BCUT2D eigenvalue weighted by Gasteiger charge is -2.19. The molecule has 1 aromatic heterocycles. The van der Waals surface area contributed by atoms with Gasteiger partial charge in [-0.05, 0) is 17.8 Å². The number of anilines is 1. The normalized spacial score (nSPS) is 27.8. The third-order valence-electron chi connectivity index (χ3n) is 3.98. The Hall–Kier alpha value is -1.16. The SMILES string of the molecule is CC(C)c1cc(N2C[C@H]3CNC[C@H]3C2)ncn1. The van der Waals surface area contributed by atoms with Crippen molar-refractivity contribution < 1.29 is 0 Å². The van der Waals surface area contributed by atoms with Gasteiger partial charge in [-0.1, -0.05) is 13.8 Å². The van der Waals surface area contributed by atoms with Gasteiger partial charge in [0.05, 0.1) is 0 Å². The second-order valence-corrected chi connectivity index (χ2v) is 5.54. The maximum absolute atomic E-state index is 4.43. The molecule has 3 heterocycles.